The molecule has 2 N–H and O–H groups in total. The van der Waals surface area contributed by atoms with Crippen LogP contribution in [0.2, 0.25) is 0 Å². The lowest BCUT2D eigenvalue weighted by atomic mass is 10.1. The van der Waals surface area contributed by atoms with Crippen LogP contribution in [0, 0.1) is 19.7 Å². The Morgan fingerprint density at radius 2 is 1.90 bits per heavy atom. The normalized spacial score (nSPS) is 21.1. The molecule has 20 heavy (non-hydrogen) atoms. The first-order valence-electron chi connectivity index (χ1n) is 6.86. The molecule has 1 aromatic rings. The molecular weight excluding hydrogens is 279 g/mol. The largest absolute Gasteiger partial charge is 0.329 e. The molecular formula is C14H21FN2O2S. The van der Waals surface area contributed by atoms with Crippen molar-refractivity contribution in [1.82, 2.24) is 4.31 Å². The summed E-state index contributed by atoms with van der Waals surface area (Å²) in [5.41, 5.74) is 6.60. The quantitative estimate of drug-likeness (QED) is 0.928. The van der Waals surface area contributed by atoms with Gasteiger partial charge >= 0.3 is 0 Å². The van der Waals surface area contributed by atoms with Gasteiger partial charge in [0.05, 0.1) is 4.90 Å². The summed E-state index contributed by atoms with van der Waals surface area (Å²) in [6.45, 7) is 4.06. The minimum absolute atomic E-state index is 0.155. The topological polar surface area (TPSA) is 63.4 Å². The van der Waals surface area contributed by atoms with Gasteiger partial charge in [0, 0.05) is 19.1 Å². The number of hydrogen-bond acceptors (Lipinski definition) is 3. The number of piperidine rings is 1. The molecule has 1 aromatic carbocycles. The molecule has 0 aromatic heterocycles. The molecule has 0 spiro atoms. The highest BCUT2D eigenvalue weighted by atomic mass is 32.2. The fourth-order valence-corrected chi connectivity index (χ4v) is 5.07. The smallest absolute Gasteiger partial charge is 0.243 e. The Hall–Kier alpha value is -0.980. The van der Waals surface area contributed by atoms with Gasteiger partial charge in [0.1, 0.15) is 5.82 Å². The van der Waals surface area contributed by atoms with Crippen LogP contribution in [0.1, 0.15) is 30.4 Å². The van der Waals surface area contributed by atoms with Gasteiger partial charge in [0.2, 0.25) is 10.0 Å². The second kappa shape index (κ2) is 5.79. The number of halogens is 1. The number of nitrogens with zero attached hydrogens (tertiary/aromatic N) is 1. The highest BCUT2D eigenvalue weighted by Crippen LogP contribution is 2.29. The molecule has 1 unspecified atom stereocenters. The second-order valence-electron chi connectivity index (χ2n) is 5.37. The molecule has 1 saturated heterocycles. The van der Waals surface area contributed by atoms with E-state index in [0.29, 0.717) is 24.2 Å². The molecule has 1 aliphatic rings. The monoisotopic (exact) mass is 300 g/mol. The van der Waals surface area contributed by atoms with Crippen molar-refractivity contribution in [3.05, 3.63) is 29.1 Å². The van der Waals surface area contributed by atoms with E-state index < -0.39 is 15.8 Å². The van der Waals surface area contributed by atoms with Gasteiger partial charge in [-0.1, -0.05) is 6.42 Å². The van der Waals surface area contributed by atoms with E-state index in [4.69, 9.17) is 5.73 Å². The van der Waals surface area contributed by atoms with E-state index in [1.807, 2.05) is 0 Å². The Morgan fingerprint density at radius 3 is 2.45 bits per heavy atom. The average molecular weight is 300 g/mol. The molecule has 1 atom stereocenters. The van der Waals surface area contributed by atoms with Crippen molar-refractivity contribution in [2.45, 2.75) is 44.0 Å². The van der Waals surface area contributed by atoms with Crippen LogP contribution >= 0.6 is 0 Å². The zero-order chi connectivity index (χ0) is 14.9. The summed E-state index contributed by atoms with van der Waals surface area (Å²) in [7, 11) is -3.61. The standard InChI is InChI=1S/C14H21FN2O2S/c1-10-7-12(15)8-11(2)14(10)20(18,19)17-6-4-3-5-13(17)9-16/h7-8,13H,3-6,9,16H2,1-2H3. The van der Waals surface area contributed by atoms with Crippen LogP contribution in [-0.4, -0.2) is 31.9 Å². The highest BCUT2D eigenvalue weighted by molar-refractivity contribution is 7.89. The van der Waals surface area contributed by atoms with Crippen LogP contribution in [0.25, 0.3) is 0 Å². The van der Waals surface area contributed by atoms with E-state index >= 15 is 0 Å². The lowest BCUT2D eigenvalue weighted by molar-refractivity contribution is 0.257. The molecule has 112 valence electrons. The summed E-state index contributed by atoms with van der Waals surface area (Å²) in [4.78, 5) is 0.222. The van der Waals surface area contributed by atoms with E-state index in [9.17, 15) is 12.8 Å². The summed E-state index contributed by atoms with van der Waals surface area (Å²) in [6, 6.07) is 2.38. The van der Waals surface area contributed by atoms with Gasteiger partial charge in [-0.05, 0) is 49.9 Å². The van der Waals surface area contributed by atoms with Gasteiger partial charge in [-0.25, -0.2) is 12.8 Å². The van der Waals surface area contributed by atoms with Crippen LogP contribution < -0.4 is 5.73 Å². The van der Waals surface area contributed by atoms with Crippen LogP contribution in [0.15, 0.2) is 17.0 Å². The van der Waals surface area contributed by atoms with Crippen molar-refractivity contribution in [1.29, 1.82) is 0 Å². The molecule has 1 aliphatic heterocycles. The first kappa shape index (κ1) is 15.4. The molecule has 0 amide bonds. The molecule has 0 radical (unpaired) electrons. The molecule has 0 bridgehead atoms. The Kier molecular flexibility index (Phi) is 4.46. The third kappa shape index (κ3) is 2.73. The third-order valence-electron chi connectivity index (χ3n) is 3.84. The van der Waals surface area contributed by atoms with Gasteiger partial charge in [-0.3, -0.25) is 0 Å². The van der Waals surface area contributed by atoms with Gasteiger partial charge in [0.25, 0.3) is 0 Å². The number of sulfonamides is 1. The van der Waals surface area contributed by atoms with Gasteiger partial charge in [0.15, 0.2) is 0 Å². The molecule has 1 fully saturated rings. The molecule has 4 nitrogen and oxygen atoms in total. The van der Waals surface area contributed by atoms with Crippen molar-refractivity contribution >= 4 is 10.0 Å². The maximum atomic E-state index is 13.4. The van der Waals surface area contributed by atoms with E-state index in [-0.39, 0.29) is 10.9 Å². The van der Waals surface area contributed by atoms with Crippen molar-refractivity contribution in [2.24, 2.45) is 5.73 Å². The maximum absolute atomic E-state index is 13.4. The lowest BCUT2D eigenvalue weighted by Crippen LogP contribution is -2.47. The maximum Gasteiger partial charge on any atom is 0.243 e. The van der Waals surface area contributed by atoms with Crippen molar-refractivity contribution in [3.8, 4) is 0 Å². The van der Waals surface area contributed by atoms with E-state index in [1.54, 1.807) is 13.8 Å². The number of hydrogen-bond donors (Lipinski definition) is 1. The van der Waals surface area contributed by atoms with Crippen LogP contribution in [-0.2, 0) is 10.0 Å². The molecule has 6 heteroatoms. The number of rotatable bonds is 3. The SMILES string of the molecule is Cc1cc(F)cc(C)c1S(=O)(=O)N1CCCCC1CN. The van der Waals surface area contributed by atoms with Crippen LogP contribution in [0.3, 0.4) is 0 Å². The number of aryl methyl sites for hydroxylation is 2. The predicted octanol–water partition coefficient (Wildman–Crippen LogP) is 1.94. The Balaban J connectivity index is 2.49. The summed E-state index contributed by atoms with van der Waals surface area (Å²) in [5, 5.41) is 0. The fraction of sp³-hybridized carbons (Fsp3) is 0.571. The van der Waals surface area contributed by atoms with Gasteiger partial charge < -0.3 is 5.73 Å². The number of benzene rings is 1. The first-order valence-corrected chi connectivity index (χ1v) is 8.30. The Labute approximate surface area is 119 Å². The lowest BCUT2D eigenvalue weighted by Gasteiger charge is -2.34. The minimum Gasteiger partial charge on any atom is -0.329 e. The zero-order valence-electron chi connectivity index (χ0n) is 11.9. The average Bonchev–Trinajstić information content (AvgIpc) is 2.37. The highest BCUT2D eigenvalue weighted by Gasteiger charge is 2.34. The van der Waals surface area contributed by atoms with E-state index in [1.165, 1.54) is 16.4 Å². The molecule has 0 aliphatic carbocycles. The summed E-state index contributed by atoms with van der Waals surface area (Å²) in [6.07, 6.45) is 2.62. The van der Waals surface area contributed by atoms with Crippen molar-refractivity contribution in [3.63, 3.8) is 0 Å². The first-order chi connectivity index (χ1) is 9.37. The molecule has 2 rings (SSSR count). The predicted molar refractivity (Wildman–Crippen MR) is 76.5 cm³/mol. The second-order valence-corrected chi connectivity index (χ2v) is 7.20. The van der Waals surface area contributed by atoms with Crippen LogP contribution in [0.4, 0.5) is 4.39 Å². The van der Waals surface area contributed by atoms with Gasteiger partial charge in [-0.15, -0.1) is 0 Å². The summed E-state index contributed by atoms with van der Waals surface area (Å²) in [5.74, 6) is -0.409. The van der Waals surface area contributed by atoms with Crippen LogP contribution in [0.5, 0.6) is 0 Å². The van der Waals surface area contributed by atoms with E-state index in [2.05, 4.69) is 0 Å². The Bertz CT molecular complexity index is 578. The van der Waals surface area contributed by atoms with Crippen molar-refractivity contribution in [2.75, 3.05) is 13.1 Å². The third-order valence-corrected chi connectivity index (χ3v) is 6.10. The molecule has 1 heterocycles. The van der Waals surface area contributed by atoms with Gasteiger partial charge in [-0.2, -0.15) is 4.31 Å². The fourth-order valence-electron chi connectivity index (χ4n) is 2.95. The van der Waals surface area contributed by atoms with Crippen molar-refractivity contribution < 1.29 is 12.8 Å². The summed E-state index contributed by atoms with van der Waals surface area (Å²) < 4.78 is 40.6. The summed E-state index contributed by atoms with van der Waals surface area (Å²) >= 11 is 0. The van der Waals surface area contributed by atoms with E-state index in [0.717, 1.165) is 19.3 Å². The number of nitrogens with two attached hydrogens (primary N) is 1. The minimum atomic E-state index is -3.61. The zero-order valence-corrected chi connectivity index (χ0v) is 12.7. The molecule has 0 saturated carbocycles. The Morgan fingerprint density at radius 1 is 1.30 bits per heavy atom.